The topological polar surface area (TPSA) is 115 Å². The molecule has 152 valence electrons. The van der Waals surface area contributed by atoms with Crippen LogP contribution in [0.15, 0.2) is 29.1 Å². The lowest BCUT2D eigenvalue weighted by Crippen LogP contribution is -2.47. The number of piperidine rings is 1. The molecule has 2 aromatic rings. The first-order valence-electron chi connectivity index (χ1n) is 8.39. The number of benzene rings is 1. The fraction of sp³-hybridized carbons (Fsp3) is 0.412. The largest absolute Gasteiger partial charge is 0.490 e. The predicted molar refractivity (Wildman–Crippen MR) is 94.0 cm³/mol. The number of fused-ring (bicyclic) bond motifs is 1. The lowest BCUT2D eigenvalue weighted by atomic mass is 10.1. The van der Waals surface area contributed by atoms with Crippen LogP contribution in [-0.4, -0.2) is 64.2 Å². The van der Waals surface area contributed by atoms with Crippen molar-refractivity contribution in [3.8, 4) is 0 Å². The van der Waals surface area contributed by atoms with Gasteiger partial charge in [-0.1, -0.05) is 12.1 Å². The highest BCUT2D eigenvalue weighted by atomic mass is 19.4. The molecule has 8 nitrogen and oxygen atoms in total. The van der Waals surface area contributed by atoms with Gasteiger partial charge in [-0.2, -0.15) is 13.2 Å². The van der Waals surface area contributed by atoms with E-state index in [-0.39, 0.29) is 17.3 Å². The second kappa shape index (κ2) is 8.83. The van der Waals surface area contributed by atoms with Crippen LogP contribution in [0.2, 0.25) is 0 Å². The van der Waals surface area contributed by atoms with Crippen molar-refractivity contribution >= 4 is 22.8 Å². The van der Waals surface area contributed by atoms with Crippen LogP contribution in [0.4, 0.5) is 13.2 Å². The van der Waals surface area contributed by atoms with Gasteiger partial charge in [0.1, 0.15) is 0 Å². The Hall–Kier alpha value is -2.95. The number of halogens is 3. The minimum absolute atomic E-state index is 0.121. The van der Waals surface area contributed by atoms with Crippen LogP contribution in [0.3, 0.4) is 0 Å². The van der Waals surface area contributed by atoms with Crippen molar-refractivity contribution in [2.45, 2.75) is 25.1 Å². The van der Waals surface area contributed by atoms with Crippen molar-refractivity contribution in [2.75, 3.05) is 20.1 Å². The van der Waals surface area contributed by atoms with Gasteiger partial charge in [-0.15, -0.1) is 0 Å². The van der Waals surface area contributed by atoms with Crippen molar-refractivity contribution in [1.29, 1.82) is 0 Å². The Labute approximate surface area is 157 Å². The number of amides is 1. The summed E-state index contributed by atoms with van der Waals surface area (Å²) in [6.45, 7) is 1.35. The molecule has 0 saturated carbocycles. The lowest BCUT2D eigenvalue weighted by molar-refractivity contribution is -0.192. The summed E-state index contributed by atoms with van der Waals surface area (Å²) in [5, 5.41) is 10.8. The van der Waals surface area contributed by atoms with Gasteiger partial charge in [-0.3, -0.25) is 9.59 Å². The van der Waals surface area contributed by atoms with Gasteiger partial charge in [0.15, 0.2) is 5.82 Å². The number of aromatic nitrogens is 2. The number of H-pyrrole nitrogens is 1. The number of carbonyl (C=O) groups excluding carboxylic acids is 1. The molecule has 1 saturated heterocycles. The summed E-state index contributed by atoms with van der Waals surface area (Å²) in [6, 6.07) is 7.33. The molecule has 2 heterocycles. The molecule has 0 spiro atoms. The Bertz CT molecular complexity index is 913. The van der Waals surface area contributed by atoms with Crippen molar-refractivity contribution in [3.05, 3.63) is 40.4 Å². The molecule has 11 heteroatoms. The maximum Gasteiger partial charge on any atom is 0.490 e. The number of alkyl halides is 3. The molecular formula is C17H19F3N4O4. The molecule has 1 aliphatic heterocycles. The zero-order valence-corrected chi connectivity index (χ0v) is 14.9. The van der Waals surface area contributed by atoms with E-state index in [1.807, 2.05) is 7.05 Å². The first-order chi connectivity index (χ1) is 13.1. The summed E-state index contributed by atoms with van der Waals surface area (Å²) in [6.07, 6.45) is -3.07. The number of hydrogen-bond acceptors (Lipinski definition) is 5. The predicted octanol–water partition coefficient (Wildman–Crippen LogP) is 1.38. The number of rotatable bonds is 2. The van der Waals surface area contributed by atoms with Crippen LogP contribution >= 0.6 is 0 Å². The normalized spacial score (nSPS) is 17.0. The second-order valence-corrected chi connectivity index (χ2v) is 6.11. The van der Waals surface area contributed by atoms with Crippen LogP contribution in [0.1, 0.15) is 23.5 Å². The van der Waals surface area contributed by atoms with E-state index < -0.39 is 12.1 Å². The monoisotopic (exact) mass is 400 g/mol. The summed E-state index contributed by atoms with van der Waals surface area (Å²) in [7, 11) is 1.90. The van der Waals surface area contributed by atoms with E-state index in [9.17, 15) is 22.8 Å². The number of likely N-dealkylation sites (tertiary alicyclic amines) is 1. The van der Waals surface area contributed by atoms with Gasteiger partial charge >= 0.3 is 12.1 Å². The Morgan fingerprint density at radius 3 is 2.57 bits per heavy atom. The Kier molecular flexibility index (Phi) is 6.73. The first-order valence-corrected chi connectivity index (χ1v) is 8.39. The molecule has 1 aromatic heterocycles. The van der Waals surface area contributed by atoms with E-state index in [4.69, 9.17) is 9.90 Å². The number of hydrogen-bond donors (Lipinski definition) is 3. The molecule has 28 heavy (non-hydrogen) atoms. The number of carbonyl (C=O) groups is 2. The van der Waals surface area contributed by atoms with Crippen molar-refractivity contribution in [2.24, 2.45) is 0 Å². The Morgan fingerprint density at radius 1 is 1.32 bits per heavy atom. The molecule has 1 unspecified atom stereocenters. The number of carboxylic acids is 1. The lowest BCUT2D eigenvalue weighted by Gasteiger charge is -2.32. The number of nitrogens with one attached hydrogen (secondary N) is 2. The molecule has 1 aliphatic rings. The zero-order valence-electron chi connectivity index (χ0n) is 14.9. The van der Waals surface area contributed by atoms with E-state index in [1.165, 1.54) is 0 Å². The third kappa shape index (κ3) is 5.28. The van der Waals surface area contributed by atoms with Gasteiger partial charge in [0.05, 0.1) is 10.9 Å². The third-order valence-corrected chi connectivity index (χ3v) is 4.17. The van der Waals surface area contributed by atoms with Crippen LogP contribution in [-0.2, 0) is 4.79 Å². The zero-order chi connectivity index (χ0) is 20.9. The summed E-state index contributed by atoms with van der Waals surface area (Å²) in [5.74, 6) is -2.85. The highest BCUT2D eigenvalue weighted by molar-refractivity contribution is 5.92. The number of likely N-dealkylation sites (N-methyl/N-ethyl adjacent to an activating group) is 1. The van der Waals surface area contributed by atoms with Gasteiger partial charge in [-0.05, 0) is 32.0 Å². The minimum Gasteiger partial charge on any atom is -0.475 e. The molecule has 1 fully saturated rings. The quantitative estimate of drug-likeness (QED) is 0.702. The fourth-order valence-corrected chi connectivity index (χ4v) is 2.73. The SMILES string of the molecule is CNC1CCCN(C(=O)c2nc3ccccc3c(=O)[nH]2)C1.O=C(O)C(F)(F)F. The van der Waals surface area contributed by atoms with Gasteiger partial charge < -0.3 is 20.3 Å². The van der Waals surface area contributed by atoms with Crippen LogP contribution in [0.5, 0.6) is 0 Å². The van der Waals surface area contributed by atoms with Gasteiger partial charge in [0, 0.05) is 19.1 Å². The fourth-order valence-electron chi connectivity index (χ4n) is 2.73. The third-order valence-electron chi connectivity index (χ3n) is 4.17. The highest BCUT2D eigenvalue weighted by Gasteiger charge is 2.38. The van der Waals surface area contributed by atoms with E-state index >= 15 is 0 Å². The molecule has 1 amide bonds. The number of aliphatic carboxylic acids is 1. The van der Waals surface area contributed by atoms with Crippen molar-refractivity contribution < 1.29 is 27.9 Å². The van der Waals surface area contributed by atoms with Crippen LogP contribution in [0.25, 0.3) is 10.9 Å². The molecule has 1 atom stereocenters. The number of carboxylic acid groups (broad SMARTS) is 1. The number of aromatic amines is 1. The van der Waals surface area contributed by atoms with E-state index in [0.29, 0.717) is 30.0 Å². The average molecular weight is 400 g/mol. The molecule has 3 N–H and O–H groups in total. The second-order valence-electron chi connectivity index (χ2n) is 6.11. The number of nitrogens with zero attached hydrogens (tertiary/aromatic N) is 2. The molecule has 0 aliphatic carbocycles. The summed E-state index contributed by atoms with van der Waals surface area (Å²) in [5.41, 5.74) is 0.276. The van der Waals surface area contributed by atoms with Crippen LogP contribution < -0.4 is 10.9 Å². The Balaban J connectivity index is 0.000000345. The number of para-hydroxylation sites is 1. The molecule has 0 bridgehead atoms. The van der Waals surface area contributed by atoms with Crippen molar-refractivity contribution in [3.63, 3.8) is 0 Å². The highest BCUT2D eigenvalue weighted by Crippen LogP contribution is 2.14. The van der Waals surface area contributed by atoms with Gasteiger partial charge in [-0.25, -0.2) is 9.78 Å². The van der Waals surface area contributed by atoms with E-state index in [2.05, 4.69) is 15.3 Å². The van der Waals surface area contributed by atoms with Crippen LogP contribution in [0, 0.1) is 0 Å². The standard InChI is InChI=1S/C15H18N4O2.C2HF3O2/c1-16-10-5-4-8-19(9-10)15(21)13-17-12-7-3-2-6-11(12)14(20)18-13;3-2(4,5)1(6)7/h2-3,6-7,10,16H,4-5,8-9H2,1H3,(H,17,18,20);(H,6,7). The van der Waals surface area contributed by atoms with Gasteiger partial charge in [0.25, 0.3) is 11.5 Å². The van der Waals surface area contributed by atoms with E-state index in [1.54, 1.807) is 29.2 Å². The van der Waals surface area contributed by atoms with Gasteiger partial charge in [0.2, 0.25) is 0 Å². The minimum atomic E-state index is -5.08. The van der Waals surface area contributed by atoms with Crippen molar-refractivity contribution in [1.82, 2.24) is 20.2 Å². The maximum absolute atomic E-state index is 12.5. The Morgan fingerprint density at radius 2 is 1.96 bits per heavy atom. The molecule has 1 aromatic carbocycles. The average Bonchev–Trinajstić information content (AvgIpc) is 2.67. The smallest absolute Gasteiger partial charge is 0.475 e. The molecule has 3 rings (SSSR count). The summed E-state index contributed by atoms with van der Waals surface area (Å²) >= 11 is 0. The first kappa shape index (κ1) is 21.4. The molecule has 0 radical (unpaired) electrons. The molecular weight excluding hydrogens is 381 g/mol. The van der Waals surface area contributed by atoms with E-state index in [0.717, 1.165) is 12.8 Å². The summed E-state index contributed by atoms with van der Waals surface area (Å²) in [4.78, 5) is 42.1. The maximum atomic E-state index is 12.5. The summed E-state index contributed by atoms with van der Waals surface area (Å²) < 4.78 is 31.7.